The van der Waals surface area contributed by atoms with Gasteiger partial charge in [0.1, 0.15) is 5.69 Å². The summed E-state index contributed by atoms with van der Waals surface area (Å²) in [5, 5.41) is 15.8. The Balaban J connectivity index is 2.31. The molecule has 1 aromatic heterocycles. The van der Waals surface area contributed by atoms with Crippen molar-refractivity contribution in [3.8, 4) is 0 Å². The zero-order valence-corrected chi connectivity index (χ0v) is 12.0. The second kappa shape index (κ2) is 8.26. The first kappa shape index (κ1) is 16.1. The van der Waals surface area contributed by atoms with Gasteiger partial charge in [0.05, 0.1) is 18.0 Å². The number of amides is 2. The number of carbonyl (C=O) groups is 3. The van der Waals surface area contributed by atoms with E-state index in [1.54, 1.807) is 5.38 Å². The maximum absolute atomic E-state index is 11.7. The van der Waals surface area contributed by atoms with Crippen LogP contribution in [-0.2, 0) is 16.0 Å². The van der Waals surface area contributed by atoms with Crippen LogP contribution in [0.25, 0.3) is 0 Å². The Morgan fingerprint density at radius 2 is 2.10 bits per heavy atom. The van der Waals surface area contributed by atoms with Crippen LogP contribution in [0.2, 0.25) is 0 Å². The molecule has 3 N–H and O–H groups in total. The summed E-state index contributed by atoms with van der Waals surface area (Å²) in [6, 6.07) is 0. The van der Waals surface area contributed by atoms with Gasteiger partial charge in [-0.05, 0) is 12.8 Å². The molecule has 0 spiro atoms. The minimum Gasteiger partial charge on any atom is -0.481 e. The van der Waals surface area contributed by atoms with Crippen molar-refractivity contribution in [2.75, 3.05) is 13.1 Å². The van der Waals surface area contributed by atoms with Gasteiger partial charge < -0.3 is 15.7 Å². The van der Waals surface area contributed by atoms with E-state index in [1.807, 2.05) is 6.92 Å². The van der Waals surface area contributed by atoms with E-state index in [-0.39, 0.29) is 19.5 Å². The number of rotatable bonds is 8. The highest BCUT2D eigenvalue weighted by Crippen LogP contribution is 2.11. The van der Waals surface area contributed by atoms with Crippen LogP contribution in [0.15, 0.2) is 5.38 Å². The summed E-state index contributed by atoms with van der Waals surface area (Å²) in [5.74, 6) is -1.82. The summed E-state index contributed by atoms with van der Waals surface area (Å²) in [4.78, 5) is 37.5. The Bertz CT molecular complexity index is 487. The van der Waals surface area contributed by atoms with Gasteiger partial charge in [0.15, 0.2) is 0 Å². The second-order valence-electron chi connectivity index (χ2n) is 4.05. The molecule has 20 heavy (non-hydrogen) atoms. The number of aliphatic carboxylic acids is 1. The molecule has 0 aliphatic heterocycles. The summed E-state index contributed by atoms with van der Waals surface area (Å²) in [5.41, 5.74) is 0.303. The van der Waals surface area contributed by atoms with Crippen molar-refractivity contribution in [1.29, 1.82) is 0 Å². The largest absolute Gasteiger partial charge is 0.481 e. The van der Waals surface area contributed by atoms with Crippen molar-refractivity contribution in [1.82, 2.24) is 15.6 Å². The first-order valence-electron chi connectivity index (χ1n) is 6.24. The smallest absolute Gasteiger partial charge is 0.305 e. The SMILES string of the molecule is CCCc1nc(C(=O)NCC(=O)NCCC(=O)O)cs1. The number of hydrogen-bond acceptors (Lipinski definition) is 5. The monoisotopic (exact) mass is 299 g/mol. The Kier molecular flexibility index (Phi) is 6.65. The summed E-state index contributed by atoms with van der Waals surface area (Å²) >= 11 is 1.42. The normalized spacial score (nSPS) is 10.1. The molecular weight excluding hydrogens is 282 g/mol. The number of aromatic nitrogens is 1. The van der Waals surface area contributed by atoms with Gasteiger partial charge >= 0.3 is 5.97 Å². The summed E-state index contributed by atoms with van der Waals surface area (Å²) < 4.78 is 0. The average molecular weight is 299 g/mol. The third-order valence-electron chi connectivity index (χ3n) is 2.32. The van der Waals surface area contributed by atoms with Gasteiger partial charge in [-0.1, -0.05) is 6.92 Å². The van der Waals surface area contributed by atoms with Crippen molar-refractivity contribution < 1.29 is 19.5 Å². The van der Waals surface area contributed by atoms with Crippen LogP contribution in [0, 0.1) is 0 Å². The van der Waals surface area contributed by atoms with E-state index in [0.717, 1.165) is 17.8 Å². The first-order chi connectivity index (χ1) is 9.52. The minimum atomic E-state index is -0.986. The van der Waals surface area contributed by atoms with Crippen molar-refractivity contribution >= 4 is 29.1 Å². The van der Waals surface area contributed by atoms with E-state index in [1.165, 1.54) is 11.3 Å². The molecule has 7 nitrogen and oxygen atoms in total. The van der Waals surface area contributed by atoms with E-state index >= 15 is 0 Å². The molecule has 0 bridgehead atoms. The van der Waals surface area contributed by atoms with Gasteiger partial charge in [0.2, 0.25) is 5.91 Å². The number of thiazole rings is 1. The van der Waals surface area contributed by atoms with Gasteiger partial charge in [-0.2, -0.15) is 0 Å². The quantitative estimate of drug-likeness (QED) is 0.644. The maximum Gasteiger partial charge on any atom is 0.305 e. The second-order valence-corrected chi connectivity index (χ2v) is 5.00. The molecule has 0 aromatic carbocycles. The average Bonchev–Trinajstić information content (AvgIpc) is 2.84. The van der Waals surface area contributed by atoms with Gasteiger partial charge in [0, 0.05) is 11.9 Å². The van der Waals surface area contributed by atoms with Crippen LogP contribution < -0.4 is 10.6 Å². The highest BCUT2D eigenvalue weighted by Gasteiger charge is 2.11. The molecule has 1 rings (SSSR count). The molecule has 0 aliphatic carbocycles. The lowest BCUT2D eigenvalue weighted by Crippen LogP contribution is -2.37. The summed E-state index contributed by atoms with van der Waals surface area (Å²) in [6.45, 7) is 1.88. The van der Waals surface area contributed by atoms with Crippen LogP contribution in [0.1, 0.15) is 35.3 Å². The third-order valence-corrected chi connectivity index (χ3v) is 3.23. The number of nitrogens with zero attached hydrogens (tertiary/aromatic N) is 1. The van der Waals surface area contributed by atoms with Crippen LogP contribution >= 0.6 is 11.3 Å². The minimum absolute atomic E-state index is 0.0430. The van der Waals surface area contributed by atoms with E-state index in [2.05, 4.69) is 15.6 Å². The fraction of sp³-hybridized carbons (Fsp3) is 0.500. The highest BCUT2D eigenvalue weighted by atomic mass is 32.1. The molecule has 110 valence electrons. The predicted octanol–water partition coefficient (Wildman–Crippen LogP) is 0.416. The molecule has 1 heterocycles. The zero-order chi connectivity index (χ0) is 15.0. The Morgan fingerprint density at radius 1 is 1.35 bits per heavy atom. The van der Waals surface area contributed by atoms with Gasteiger partial charge in [-0.25, -0.2) is 4.98 Å². The molecule has 0 unspecified atom stereocenters. The molecule has 0 aliphatic rings. The summed E-state index contributed by atoms with van der Waals surface area (Å²) in [7, 11) is 0. The van der Waals surface area contributed by atoms with E-state index in [0.29, 0.717) is 5.69 Å². The van der Waals surface area contributed by atoms with Crippen LogP contribution in [-0.4, -0.2) is 41.0 Å². The number of nitrogens with one attached hydrogen (secondary N) is 2. The first-order valence-corrected chi connectivity index (χ1v) is 7.12. The molecular formula is C12H17N3O4S. The fourth-order valence-electron chi connectivity index (χ4n) is 1.37. The van der Waals surface area contributed by atoms with Crippen molar-refractivity contribution in [2.24, 2.45) is 0 Å². The Hall–Kier alpha value is -1.96. The van der Waals surface area contributed by atoms with Crippen LogP contribution in [0.4, 0.5) is 0 Å². The van der Waals surface area contributed by atoms with Crippen LogP contribution in [0.3, 0.4) is 0 Å². The lowest BCUT2D eigenvalue weighted by Gasteiger charge is -2.04. The third kappa shape index (κ3) is 5.79. The molecule has 2 amide bonds. The summed E-state index contributed by atoms with van der Waals surface area (Å²) in [6.07, 6.45) is 1.64. The van der Waals surface area contributed by atoms with E-state index in [9.17, 15) is 14.4 Å². The lowest BCUT2D eigenvalue weighted by molar-refractivity contribution is -0.136. The maximum atomic E-state index is 11.7. The molecule has 0 fully saturated rings. The number of carboxylic acid groups (broad SMARTS) is 1. The Morgan fingerprint density at radius 3 is 2.75 bits per heavy atom. The van der Waals surface area contributed by atoms with Gasteiger partial charge in [-0.15, -0.1) is 11.3 Å². The number of carboxylic acids is 1. The topological polar surface area (TPSA) is 108 Å². The molecule has 0 saturated carbocycles. The number of carbonyl (C=O) groups excluding carboxylic acids is 2. The number of aryl methyl sites for hydroxylation is 1. The van der Waals surface area contributed by atoms with Crippen molar-refractivity contribution in [3.63, 3.8) is 0 Å². The molecule has 0 saturated heterocycles. The molecule has 0 radical (unpaired) electrons. The highest BCUT2D eigenvalue weighted by molar-refractivity contribution is 7.09. The molecule has 0 atom stereocenters. The van der Waals surface area contributed by atoms with Crippen LogP contribution in [0.5, 0.6) is 0 Å². The fourth-order valence-corrected chi connectivity index (χ4v) is 2.25. The van der Waals surface area contributed by atoms with E-state index < -0.39 is 17.8 Å². The van der Waals surface area contributed by atoms with Crippen molar-refractivity contribution in [3.05, 3.63) is 16.1 Å². The van der Waals surface area contributed by atoms with Gasteiger partial charge in [-0.3, -0.25) is 14.4 Å². The predicted molar refractivity (Wildman–Crippen MR) is 73.7 cm³/mol. The van der Waals surface area contributed by atoms with E-state index in [4.69, 9.17) is 5.11 Å². The van der Waals surface area contributed by atoms with Crippen molar-refractivity contribution in [2.45, 2.75) is 26.2 Å². The van der Waals surface area contributed by atoms with Gasteiger partial charge in [0.25, 0.3) is 5.91 Å². The number of hydrogen-bond donors (Lipinski definition) is 3. The zero-order valence-electron chi connectivity index (χ0n) is 11.1. The molecule has 1 aromatic rings. The standard InChI is InChI=1S/C12H17N3O4S/c1-2-3-10-15-8(7-20-10)12(19)14-6-9(16)13-5-4-11(17)18/h7H,2-6H2,1H3,(H,13,16)(H,14,19)(H,17,18). The Labute approximate surface area is 120 Å². The molecule has 8 heteroatoms. The lowest BCUT2D eigenvalue weighted by atomic mass is 10.3.